The van der Waals surface area contributed by atoms with Crippen LogP contribution in [0.25, 0.3) is 0 Å². The number of nitrogens with one attached hydrogen (secondary N) is 1. The Morgan fingerprint density at radius 1 is 1.62 bits per heavy atom. The first-order valence-electron chi connectivity index (χ1n) is 1.94. The van der Waals surface area contributed by atoms with Gasteiger partial charge in [0.15, 0.2) is 0 Å². The minimum absolute atomic E-state index is 0.140. The van der Waals surface area contributed by atoms with Gasteiger partial charge in [-0.25, -0.2) is 13.1 Å². The van der Waals surface area contributed by atoms with Gasteiger partial charge in [-0.15, -0.1) is 0 Å². The van der Waals surface area contributed by atoms with Crippen LogP contribution in [0.1, 0.15) is 0 Å². The lowest BCUT2D eigenvalue weighted by Gasteiger charge is -1.91. The molecule has 0 unspecified atom stereocenters. The van der Waals surface area contributed by atoms with Crippen LogP contribution in [-0.4, -0.2) is 27.5 Å². The number of carbonyl (C=O) groups is 1. The van der Waals surface area contributed by atoms with E-state index in [0.717, 1.165) is 6.26 Å². The van der Waals surface area contributed by atoms with Gasteiger partial charge in [-0.05, 0) is 0 Å². The normalized spacial score (nSPS) is 11.1. The summed E-state index contributed by atoms with van der Waals surface area (Å²) in [5.41, 5.74) is 0. The quantitative estimate of drug-likeness (QED) is 0.493. The molecule has 0 aliphatic rings. The predicted molar refractivity (Wildman–Crippen MR) is 28.9 cm³/mol. The Labute approximate surface area is 47.9 Å². The second-order valence-corrected chi connectivity index (χ2v) is 3.12. The third kappa shape index (κ3) is 5.58. The highest BCUT2D eigenvalue weighted by atomic mass is 32.2. The Hall–Kier alpha value is -0.420. The predicted octanol–water partition coefficient (Wildman–Crippen LogP) is -1.27. The van der Waals surface area contributed by atoms with Gasteiger partial charge in [0.2, 0.25) is 10.0 Å². The zero-order valence-electron chi connectivity index (χ0n) is 4.42. The van der Waals surface area contributed by atoms with Crippen LogP contribution in [0.4, 0.5) is 0 Å². The Kier molecular flexibility index (Phi) is 2.64. The number of carbonyl (C=O) groups excluding carboxylic acids is 1. The summed E-state index contributed by atoms with van der Waals surface area (Å²) in [6.07, 6.45) is 1.48. The van der Waals surface area contributed by atoms with Gasteiger partial charge in [0.1, 0.15) is 6.29 Å². The smallest absolute Gasteiger partial charge is 0.209 e. The maximum absolute atomic E-state index is 10.1. The maximum atomic E-state index is 10.1. The topological polar surface area (TPSA) is 63.2 Å². The maximum Gasteiger partial charge on any atom is 0.209 e. The Bertz CT molecular complexity index is 159. The number of hydrogen-bond donors (Lipinski definition) is 1. The van der Waals surface area contributed by atoms with Gasteiger partial charge in [0.25, 0.3) is 0 Å². The highest BCUT2D eigenvalue weighted by Crippen LogP contribution is 1.67. The van der Waals surface area contributed by atoms with Crippen LogP contribution in [0.3, 0.4) is 0 Å². The van der Waals surface area contributed by atoms with E-state index in [9.17, 15) is 13.2 Å². The monoisotopic (exact) mass is 137 g/mol. The Morgan fingerprint density at radius 3 is 2.25 bits per heavy atom. The lowest BCUT2D eigenvalue weighted by molar-refractivity contribution is -0.106. The minimum atomic E-state index is -3.17. The lowest BCUT2D eigenvalue weighted by atomic mass is 10.8. The number of aldehydes is 1. The molecule has 0 aromatic heterocycles. The molecule has 5 heteroatoms. The Balaban J connectivity index is 3.57. The summed E-state index contributed by atoms with van der Waals surface area (Å²) in [6.45, 7) is -0.140. The van der Waals surface area contributed by atoms with E-state index in [0.29, 0.717) is 6.29 Å². The van der Waals surface area contributed by atoms with E-state index in [2.05, 4.69) is 0 Å². The molecule has 0 aromatic carbocycles. The van der Waals surface area contributed by atoms with Gasteiger partial charge in [-0.2, -0.15) is 0 Å². The van der Waals surface area contributed by atoms with Gasteiger partial charge in [0, 0.05) is 0 Å². The van der Waals surface area contributed by atoms with Crippen LogP contribution in [0.15, 0.2) is 0 Å². The number of rotatable bonds is 3. The molecule has 0 aliphatic heterocycles. The van der Waals surface area contributed by atoms with Crippen LogP contribution < -0.4 is 4.72 Å². The van der Waals surface area contributed by atoms with Crippen molar-refractivity contribution < 1.29 is 13.2 Å². The second kappa shape index (κ2) is 2.78. The fourth-order valence-electron chi connectivity index (χ4n) is 0.185. The molecule has 0 atom stereocenters. The summed E-state index contributed by atoms with van der Waals surface area (Å²) < 4.78 is 22.2. The molecule has 0 radical (unpaired) electrons. The van der Waals surface area contributed by atoms with Crippen molar-refractivity contribution in [3.8, 4) is 0 Å². The molecule has 0 saturated heterocycles. The average molecular weight is 137 g/mol. The molecule has 0 aliphatic carbocycles. The molecule has 0 aromatic rings. The largest absolute Gasteiger partial charge is 0.302 e. The first-order chi connectivity index (χ1) is 3.56. The molecule has 0 amide bonds. The molecule has 0 heterocycles. The van der Waals surface area contributed by atoms with E-state index >= 15 is 0 Å². The van der Waals surface area contributed by atoms with E-state index in [1.165, 1.54) is 0 Å². The van der Waals surface area contributed by atoms with E-state index in [1.807, 2.05) is 4.72 Å². The molecule has 0 spiro atoms. The van der Waals surface area contributed by atoms with Crippen LogP contribution >= 0.6 is 0 Å². The van der Waals surface area contributed by atoms with Crippen LogP contribution in [-0.2, 0) is 14.8 Å². The molecule has 48 valence electrons. The zero-order valence-corrected chi connectivity index (χ0v) is 5.23. The van der Waals surface area contributed by atoms with Crippen molar-refractivity contribution in [2.75, 3.05) is 12.8 Å². The third-order valence-corrected chi connectivity index (χ3v) is 1.12. The molecule has 1 N–H and O–H groups in total. The minimum Gasteiger partial charge on any atom is -0.302 e. The highest BCUT2D eigenvalue weighted by Gasteiger charge is 1.95. The third-order valence-electron chi connectivity index (χ3n) is 0.429. The van der Waals surface area contributed by atoms with Crippen LogP contribution in [0.2, 0.25) is 0 Å². The molecule has 0 fully saturated rings. The SMILES string of the molecule is CS(=O)(=O)NCC=O. The van der Waals surface area contributed by atoms with Crippen molar-refractivity contribution in [2.24, 2.45) is 0 Å². The summed E-state index contributed by atoms with van der Waals surface area (Å²) in [7, 11) is -3.17. The van der Waals surface area contributed by atoms with Gasteiger partial charge in [0.05, 0.1) is 12.8 Å². The standard InChI is InChI=1S/C3H7NO3S/c1-8(6,7)4-2-3-5/h3-4H,2H2,1H3. The van der Waals surface area contributed by atoms with Crippen molar-refractivity contribution >= 4 is 16.3 Å². The molecule has 0 saturated carbocycles. The van der Waals surface area contributed by atoms with Gasteiger partial charge in [-0.3, -0.25) is 0 Å². The summed E-state index contributed by atoms with van der Waals surface area (Å²) in [4.78, 5) is 9.52. The van der Waals surface area contributed by atoms with Crippen LogP contribution in [0, 0.1) is 0 Å². The summed E-state index contributed by atoms with van der Waals surface area (Å²) >= 11 is 0. The van der Waals surface area contributed by atoms with Gasteiger partial charge >= 0.3 is 0 Å². The number of hydrogen-bond acceptors (Lipinski definition) is 3. The molecular weight excluding hydrogens is 130 g/mol. The highest BCUT2D eigenvalue weighted by molar-refractivity contribution is 7.88. The zero-order chi connectivity index (χ0) is 6.62. The van der Waals surface area contributed by atoms with E-state index in [4.69, 9.17) is 0 Å². The molecule has 0 rings (SSSR count). The van der Waals surface area contributed by atoms with Gasteiger partial charge in [-0.1, -0.05) is 0 Å². The van der Waals surface area contributed by atoms with Crippen molar-refractivity contribution in [3.63, 3.8) is 0 Å². The first kappa shape index (κ1) is 7.58. The van der Waals surface area contributed by atoms with Crippen molar-refractivity contribution in [1.29, 1.82) is 0 Å². The molecule has 0 bridgehead atoms. The summed E-state index contributed by atoms with van der Waals surface area (Å²) in [5, 5.41) is 0. The second-order valence-electron chi connectivity index (χ2n) is 1.29. The Morgan fingerprint density at radius 2 is 2.12 bits per heavy atom. The van der Waals surface area contributed by atoms with Crippen LogP contribution in [0.5, 0.6) is 0 Å². The average Bonchev–Trinajstić information content (AvgIpc) is 1.59. The fraction of sp³-hybridized carbons (Fsp3) is 0.667. The van der Waals surface area contributed by atoms with Gasteiger partial charge < -0.3 is 4.79 Å². The molecular formula is C3H7NO3S. The molecule has 8 heavy (non-hydrogen) atoms. The van der Waals surface area contributed by atoms with Crippen molar-refractivity contribution in [1.82, 2.24) is 4.72 Å². The first-order valence-corrected chi connectivity index (χ1v) is 3.83. The lowest BCUT2D eigenvalue weighted by Crippen LogP contribution is -2.23. The fourth-order valence-corrected chi connectivity index (χ4v) is 0.556. The van der Waals surface area contributed by atoms with E-state index < -0.39 is 10.0 Å². The summed E-state index contributed by atoms with van der Waals surface area (Å²) in [6, 6.07) is 0. The van der Waals surface area contributed by atoms with Crippen molar-refractivity contribution in [3.05, 3.63) is 0 Å². The van der Waals surface area contributed by atoms with E-state index in [-0.39, 0.29) is 6.54 Å². The molecule has 4 nitrogen and oxygen atoms in total. The summed E-state index contributed by atoms with van der Waals surface area (Å²) in [5.74, 6) is 0. The van der Waals surface area contributed by atoms with E-state index in [1.54, 1.807) is 0 Å². The number of sulfonamides is 1. The van der Waals surface area contributed by atoms with Crippen molar-refractivity contribution in [2.45, 2.75) is 0 Å².